The predicted octanol–water partition coefficient (Wildman–Crippen LogP) is -0.784. The van der Waals surface area contributed by atoms with Crippen molar-refractivity contribution in [3.05, 3.63) is 29.8 Å². The first-order valence-corrected chi connectivity index (χ1v) is 8.88. The van der Waals surface area contributed by atoms with E-state index in [1.54, 1.807) is 24.3 Å². The molecule has 0 radical (unpaired) electrons. The van der Waals surface area contributed by atoms with Crippen LogP contribution in [-0.2, 0) is 9.59 Å². The largest absolute Gasteiger partial charge is 1.00 e. The second-order valence-corrected chi connectivity index (χ2v) is 6.41. The summed E-state index contributed by atoms with van der Waals surface area (Å²) in [5, 5.41) is 13.8. The van der Waals surface area contributed by atoms with Crippen molar-refractivity contribution in [2.75, 3.05) is 19.7 Å². The van der Waals surface area contributed by atoms with Crippen LogP contribution < -0.4 is 44.9 Å². The molecule has 1 rings (SSSR count). The first-order chi connectivity index (χ1) is 12.4. The van der Waals surface area contributed by atoms with Gasteiger partial charge in [-0.15, -0.1) is 0 Å². The average Bonchev–Trinajstić information content (AvgIpc) is 2.59. The molecule has 1 aromatic rings. The zero-order valence-corrected chi connectivity index (χ0v) is 18.4. The van der Waals surface area contributed by atoms with Crippen molar-refractivity contribution in [2.45, 2.75) is 39.5 Å². The third kappa shape index (κ3) is 12.4. The van der Waals surface area contributed by atoms with Gasteiger partial charge >= 0.3 is 35.5 Å². The van der Waals surface area contributed by atoms with Gasteiger partial charge in [-0.25, -0.2) is 0 Å². The van der Waals surface area contributed by atoms with E-state index in [-0.39, 0.29) is 60.8 Å². The summed E-state index contributed by atoms with van der Waals surface area (Å²) in [5.74, 6) is -0.0535. The minimum absolute atomic E-state index is 0. The van der Waals surface area contributed by atoms with Crippen LogP contribution in [0.3, 0.4) is 0 Å². The van der Waals surface area contributed by atoms with Crippen molar-refractivity contribution in [2.24, 2.45) is 5.92 Å². The van der Waals surface area contributed by atoms with Crippen LogP contribution in [-0.4, -0.2) is 42.6 Å². The van der Waals surface area contributed by atoms with Gasteiger partial charge in [0.05, 0.1) is 6.61 Å². The van der Waals surface area contributed by atoms with Crippen LogP contribution in [0.4, 0.5) is 0 Å². The van der Waals surface area contributed by atoms with Crippen LogP contribution in [0.15, 0.2) is 24.3 Å². The molecule has 1 aromatic carbocycles. The molecule has 27 heavy (non-hydrogen) atoms. The van der Waals surface area contributed by atoms with E-state index >= 15 is 0 Å². The van der Waals surface area contributed by atoms with E-state index in [4.69, 9.17) is 9.84 Å². The molecule has 0 spiro atoms. The van der Waals surface area contributed by atoms with Crippen LogP contribution in [0, 0.1) is 5.92 Å². The van der Waals surface area contributed by atoms with Gasteiger partial charge in [0.1, 0.15) is 5.75 Å². The van der Waals surface area contributed by atoms with Gasteiger partial charge in [-0.2, -0.15) is 0 Å². The zero-order valence-electron chi connectivity index (χ0n) is 16.4. The molecule has 144 valence electrons. The number of aliphatic carboxylic acids is 1. The monoisotopic (exact) mass is 387 g/mol. The Balaban J connectivity index is 0.00000676. The number of hydrogen-bond donors (Lipinski definition) is 3. The number of hydrogen-bond acceptors (Lipinski definition) is 4. The summed E-state index contributed by atoms with van der Waals surface area (Å²) in [6.45, 7) is 5.44. The van der Waals surface area contributed by atoms with Crippen LogP contribution in [0.1, 0.15) is 49.9 Å². The molecule has 3 N–H and O–H groups in total. The van der Waals surface area contributed by atoms with Crippen LogP contribution >= 0.6 is 0 Å². The SMILES string of the molecule is CC(C)CCOc1ccc(C(=O)NCCC(=O)NCCCC(=O)O)cc1.[Na+]. The number of carbonyl (C=O) groups is 3. The molecule has 0 saturated heterocycles. The van der Waals surface area contributed by atoms with Gasteiger partial charge in [0.15, 0.2) is 0 Å². The molecule has 0 aliphatic rings. The van der Waals surface area contributed by atoms with Crippen molar-refractivity contribution in [1.82, 2.24) is 10.6 Å². The van der Waals surface area contributed by atoms with E-state index in [0.717, 1.165) is 12.2 Å². The van der Waals surface area contributed by atoms with Gasteiger partial charge in [-0.3, -0.25) is 14.4 Å². The maximum absolute atomic E-state index is 12.0. The van der Waals surface area contributed by atoms with Gasteiger partial charge in [0.25, 0.3) is 5.91 Å². The number of carbonyl (C=O) groups excluding carboxylic acids is 2. The van der Waals surface area contributed by atoms with E-state index in [2.05, 4.69) is 24.5 Å². The molecule has 0 saturated carbocycles. The normalized spacial score (nSPS) is 10.0. The number of benzene rings is 1. The minimum Gasteiger partial charge on any atom is -0.494 e. The molecule has 0 aromatic heterocycles. The molecule has 0 heterocycles. The molecule has 8 heteroatoms. The molecule has 0 fully saturated rings. The summed E-state index contributed by atoms with van der Waals surface area (Å²) < 4.78 is 5.60. The fourth-order valence-corrected chi connectivity index (χ4v) is 2.06. The van der Waals surface area contributed by atoms with Crippen molar-refractivity contribution < 1.29 is 53.8 Å². The number of amides is 2. The molecule has 0 unspecified atom stereocenters. The van der Waals surface area contributed by atoms with Gasteiger partial charge in [-0.1, -0.05) is 13.8 Å². The summed E-state index contributed by atoms with van der Waals surface area (Å²) >= 11 is 0. The number of ether oxygens (including phenoxy) is 1. The fourth-order valence-electron chi connectivity index (χ4n) is 2.06. The quantitative estimate of drug-likeness (QED) is 0.322. The Kier molecular flexibility index (Phi) is 13.6. The summed E-state index contributed by atoms with van der Waals surface area (Å²) in [6.07, 6.45) is 1.53. The minimum atomic E-state index is -0.886. The fraction of sp³-hybridized carbons (Fsp3) is 0.526. The average molecular weight is 387 g/mol. The number of carboxylic acids is 1. The third-order valence-corrected chi connectivity index (χ3v) is 3.61. The first kappa shape index (κ1) is 25.4. The van der Waals surface area contributed by atoms with E-state index in [0.29, 0.717) is 31.1 Å². The Morgan fingerprint density at radius 2 is 1.70 bits per heavy atom. The predicted molar refractivity (Wildman–Crippen MR) is 98.2 cm³/mol. The van der Waals surface area contributed by atoms with Crippen LogP contribution in [0.2, 0.25) is 0 Å². The molecule has 0 aliphatic heterocycles. The van der Waals surface area contributed by atoms with Gasteiger partial charge in [0.2, 0.25) is 5.91 Å². The van der Waals surface area contributed by atoms with Gasteiger partial charge in [0, 0.05) is 31.5 Å². The van der Waals surface area contributed by atoms with E-state index in [9.17, 15) is 14.4 Å². The summed E-state index contributed by atoms with van der Waals surface area (Å²) in [6, 6.07) is 6.88. The maximum atomic E-state index is 12.0. The summed E-state index contributed by atoms with van der Waals surface area (Å²) in [5.41, 5.74) is 0.503. The molecule has 0 aliphatic carbocycles. The van der Waals surface area contributed by atoms with Crippen molar-refractivity contribution >= 4 is 17.8 Å². The molecular formula is C19H28N2NaO5+. The maximum Gasteiger partial charge on any atom is 1.00 e. The van der Waals surface area contributed by atoms with E-state index in [1.165, 1.54) is 0 Å². The van der Waals surface area contributed by atoms with Crippen LogP contribution in [0.5, 0.6) is 5.75 Å². The van der Waals surface area contributed by atoms with Crippen LogP contribution in [0.25, 0.3) is 0 Å². The Hall–Kier alpha value is -1.57. The molecule has 0 bridgehead atoms. The third-order valence-electron chi connectivity index (χ3n) is 3.61. The molecule has 2 amide bonds. The number of rotatable bonds is 12. The van der Waals surface area contributed by atoms with Crippen molar-refractivity contribution in [1.29, 1.82) is 0 Å². The zero-order chi connectivity index (χ0) is 19.4. The number of nitrogens with one attached hydrogen (secondary N) is 2. The van der Waals surface area contributed by atoms with E-state index < -0.39 is 5.97 Å². The molecular weight excluding hydrogens is 359 g/mol. The number of carboxylic acid groups (broad SMARTS) is 1. The Morgan fingerprint density at radius 3 is 2.30 bits per heavy atom. The summed E-state index contributed by atoms with van der Waals surface area (Å²) in [4.78, 5) is 34.0. The summed E-state index contributed by atoms with van der Waals surface area (Å²) in [7, 11) is 0. The Bertz CT molecular complexity index is 590. The molecule has 0 atom stereocenters. The van der Waals surface area contributed by atoms with Crippen molar-refractivity contribution in [3.8, 4) is 5.75 Å². The first-order valence-electron chi connectivity index (χ1n) is 8.88. The second kappa shape index (κ2) is 14.5. The topological polar surface area (TPSA) is 105 Å². The Morgan fingerprint density at radius 1 is 1.04 bits per heavy atom. The van der Waals surface area contributed by atoms with Gasteiger partial charge in [-0.05, 0) is 43.0 Å². The molecule has 7 nitrogen and oxygen atoms in total. The van der Waals surface area contributed by atoms with E-state index in [1.807, 2.05) is 0 Å². The van der Waals surface area contributed by atoms with Gasteiger partial charge < -0.3 is 20.5 Å². The Labute approximate surface area is 182 Å². The van der Waals surface area contributed by atoms with Crippen molar-refractivity contribution in [3.63, 3.8) is 0 Å². The second-order valence-electron chi connectivity index (χ2n) is 6.41. The standard InChI is InChI=1S/C19H28N2O5.Na/c1-14(2)10-13-26-16-7-5-15(6-8-16)19(25)21-12-9-17(22)20-11-3-4-18(23)24;/h5-8,14H,3-4,9-13H2,1-2H3,(H,20,22)(H,21,25)(H,23,24);/q;+1. The smallest absolute Gasteiger partial charge is 0.494 e.